The third-order valence-corrected chi connectivity index (χ3v) is 5.56. The SMILES string of the molecule is CCCCN1CCc2cc(C=C3C(=O)NC(=O)N(Cc4ccccc4)C3=O)ccc21. The van der Waals surface area contributed by atoms with E-state index in [2.05, 4.69) is 23.2 Å². The van der Waals surface area contributed by atoms with Crippen LogP contribution in [0.5, 0.6) is 0 Å². The molecule has 1 saturated heterocycles. The lowest BCUT2D eigenvalue weighted by Gasteiger charge is -2.26. The molecule has 2 aromatic rings. The summed E-state index contributed by atoms with van der Waals surface area (Å²) < 4.78 is 0. The zero-order valence-corrected chi connectivity index (χ0v) is 17.1. The summed E-state index contributed by atoms with van der Waals surface area (Å²) in [4.78, 5) is 41.0. The number of hydrogen-bond donors (Lipinski definition) is 1. The molecule has 0 unspecified atom stereocenters. The molecule has 0 spiro atoms. The average molecular weight is 403 g/mol. The third-order valence-electron chi connectivity index (χ3n) is 5.56. The number of fused-ring (bicyclic) bond motifs is 1. The van der Waals surface area contributed by atoms with Gasteiger partial charge in [0.15, 0.2) is 0 Å². The maximum atomic E-state index is 12.9. The van der Waals surface area contributed by atoms with Gasteiger partial charge in [-0.2, -0.15) is 0 Å². The quantitative estimate of drug-likeness (QED) is 0.592. The minimum absolute atomic E-state index is 0.0219. The maximum Gasteiger partial charge on any atom is 0.331 e. The average Bonchev–Trinajstić information content (AvgIpc) is 3.15. The van der Waals surface area contributed by atoms with Crippen molar-refractivity contribution in [2.75, 3.05) is 18.0 Å². The van der Waals surface area contributed by atoms with E-state index in [0.717, 1.165) is 48.4 Å². The number of benzene rings is 2. The molecule has 0 bridgehead atoms. The van der Waals surface area contributed by atoms with Crippen LogP contribution in [0.3, 0.4) is 0 Å². The number of urea groups is 1. The molecule has 0 aliphatic carbocycles. The van der Waals surface area contributed by atoms with Crippen LogP contribution in [0.15, 0.2) is 54.1 Å². The van der Waals surface area contributed by atoms with E-state index in [1.807, 2.05) is 42.5 Å². The minimum Gasteiger partial charge on any atom is -0.371 e. The van der Waals surface area contributed by atoms with E-state index in [-0.39, 0.29) is 12.1 Å². The minimum atomic E-state index is -0.688. The van der Waals surface area contributed by atoms with Gasteiger partial charge >= 0.3 is 6.03 Å². The number of anilines is 1. The second-order valence-electron chi connectivity index (χ2n) is 7.67. The number of nitrogens with one attached hydrogen (secondary N) is 1. The monoisotopic (exact) mass is 403 g/mol. The molecule has 2 heterocycles. The number of hydrogen-bond acceptors (Lipinski definition) is 4. The molecule has 6 nitrogen and oxygen atoms in total. The molecule has 2 aliphatic rings. The van der Waals surface area contributed by atoms with Gasteiger partial charge < -0.3 is 4.90 Å². The van der Waals surface area contributed by atoms with Gasteiger partial charge in [0.05, 0.1) is 6.54 Å². The number of imide groups is 2. The molecule has 0 atom stereocenters. The first-order chi connectivity index (χ1) is 14.6. The van der Waals surface area contributed by atoms with Crippen LogP contribution in [-0.4, -0.2) is 35.8 Å². The molecule has 0 saturated carbocycles. The van der Waals surface area contributed by atoms with Gasteiger partial charge in [0.2, 0.25) is 0 Å². The summed E-state index contributed by atoms with van der Waals surface area (Å²) in [6.45, 7) is 4.34. The van der Waals surface area contributed by atoms with Crippen LogP contribution in [0.2, 0.25) is 0 Å². The van der Waals surface area contributed by atoms with Crippen molar-refractivity contribution in [2.24, 2.45) is 0 Å². The summed E-state index contributed by atoms with van der Waals surface area (Å²) in [5.74, 6) is -1.22. The lowest BCUT2D eigenvalue weighted by molar-refractivity contribution is -0.130. The van der Waals surface area contributed by atoms with Gasteiger partial charge in [-0.25, -0.2) is 4.79 Å². The molecule has 154 valence electrons. The number of carbonyl (C=O) groups excluding carboxylic acids is 3. The van der Waals surface area contributed by atoms with Crippen LogP contribution >= 0.6 is 0 Å². The van der Waals surface area contributed by atoms with E-state index in [4.69, 9.17) is 0 Å². The van der Waals surface area contributed by atoms with E-state index < -0.39 is 17.8 Å². The fourth-order valence-corrected chi connectivity index (χ4v) is 3.93. The van der Waals surface area contributed by atoms with Crippen LogP contribution in [0.1, 0.15) is 36.5 Å². The number of unbranched alkanes of at least 4 members (excludes halogenated alkanes) is 1. The predicted molar refractivity (Wildman–Crippen MR) is 116 cm³/mol. The smallest absolute Gasteiger partial charge is 0.331 e. The standard InChI is InChI=1S/C24H25N3O3/c1-2-3-12-26-13-11-19-14-18(9-10-21(19)26)15-20-22(28)25-24(30)27(23(20)29)16-17-7-5-4-6-8-17/h4-10,14-15H,2-3,11-13,16H2,1H3,(H,25,28,30). The molecule has 2 aliphatic heterocycles. The Labute approximate surface area is 176 Å². The third kappa shape index (κ3) is 3.99. The predicted octanol–water partition coefficient (Wildman–Crippen LogP) is 3.51. The van der Waals surface area contributed by atoms with Crippen LogP contribution in [0.25, 0.3) is 6.08 Å². The molecular weight excluding hydrogens is 378 g/mol. The highest BCUT2D eigenvalue weighted by atomic mass is 16.2. The number of barbiturate groups is 1. The Morgan fingerprint density at radius 3 is 2.63 bits per heavy atom. The van der Waals surface area contributed by atoms with Gasteiger partial charge in [-0.3, -0.25) is 19.8 Å². The zero-order valence-electron chi connectivity index (χ0n) is 17.1. The van der Waals surface area contributed by atoms with E-state index in [1.165, 1.54) is 11.3 Å². The number of rotatable bonds is 6. The number of amides is 4. The second-order valence-corrected chi connectivity index (χ2v) is 7.67. The normalized spacial score (nSPS) is 17.5. The molecule has 30 heavy (non-hydrogen) atoms. The molecular formula is C24H25N3O3. The van der Waals surface area contributed by atoms with Gasteiger partial charge in [0.1, 0.15) is 5.57 Å². The number of carbonyl (C=O) groups is 3. The Bertz CT molecular complexity index is 1010. The first-order valence-corrected chi connectivity index (χ1v) is 10.4. The largest absolute Gasteiger partial charge is 0.371 e. The Morgan fingerprint density at radius 1 is 1.07 bits per heavy atom. The van der Waals surface area contributed by atoms with Crippen molar-refractivity contribution in [3.63, 3.8) is 0 Å². The summed E-state index contributed by atoms with van der Waals surface area (Å²) in [5, 5.41) is 2.28. The van der Waals surface area contributed by atoms with Crippen molar-refractivity contribution in [1.29, 1.82) is 0 Å². The maximum absolute atomic E-state index is 12.9. The van der Waals surface area contributed by atoms with Crippen molar-refractivity contribution in [3.8, 4) is 0 Å². The van der Waals surface area contributed by atoms with Gasteiger partial charge in [-0.15, -0.1) is 0 Å². The van der Waals surface area contributed by atoms with Crippen molar-refractivity contribution in [3.05, 3.63) is 70.8 Å². The van der Waals surface area contributed by atoms with Crippen molar-refractivity contribution >= 4 is 29.6 Å². The fourth-order valence-electron chi connectivity index (χ4n) is 3.93. The highest BCUT2D eigenvalue weighted by Crippen LogP contribution is 2.30. The number of nitrogens with zero attached hydrogens (tertiary/aromatic N) is 2. The van der Waals surface area contributed by atoms with Crippen LogP contribution in [0, 0.1) is 0 Å². The molecule has 4 amide bonds. The van der Waals surface area contributed by atoms with E-state index >= 15 is 0 Å². The molecule has 4 rings (SSSR count). The Kier molecular flexibility index (Phi) is 5.65. The highest BCUT2D eigenvalue weighted by Gasteiger charge is 2.35. The summed E-state index contributed by atoms with van der Waals surface area (Å²) in [7, 11) is 0. The topological polar surface area (TPSA) is 69.7 Å². The molecule has 0 radical (unpaired) electrons. The van der Waals surface area contributed by atoms with Crippen LogP contribution in [-0.2, 0) is 22.6 Å². The van der Waals surface area contributed by atoms with Crippen LogP contribution in [0.4, 0.5) is 10.5 Å². The summed E-state index contributed by atoms with van der Waals surface area (Å²) in [6, 6.07) is 14.6. The molecule has 1 fully saturated rings. The second kappa shape index (κ2) is 8.53. The van der Waals surface area contributed by atoms with E-state index in [9.17, 15) is 14.4 Å². The van der Waals surface area contributed by atoms with Gasteiger partial charge in [-0.1, -0.05) is 49.7 Å². The van der Waals surface area contributed by atoms with Crippen molar-refractivity contribution in [2.45, 2.75) is 32.7 Å². The molecule has 1 N–H and O–H groups in total. The first kappa shape index (κ1) is 19.9. The first-order valence-electron chi connectivity index (χ1n) is 10.4. The van der Waals surface area contributed by atoms with Gasteiger partial charge in [0.25, 0.3) is 11.8 Å². The van der Waals surface area contributed by atoms with Crippen molar-refractivity contribution in [1.82, 2.24) is 10.2 Å². The fraction of sp³-hybridized carbons (Fsp3) is 0.292. The lowest BCUT2D eigenvalue weighted by Crippen LogP contribution is -2.53. The Morgan fingerprint density at radius 2 is 1.87 bits per heavy atom. The van der Waals surface area contributed by atoms with Crippen molar-refractivity contribution < 1.29 is 14.4 Å². The molecule has 2 aromatic carbocycles. The summed E-state index contributed by atoms with van der Waals surface area (Å²) in [5.41, 5.74) is 4.04. The summed E-state index contributed by atoms with van der Waals surface area (Å²) >= 11 is 0. The summed E-state index contributed by atoms with van der Waals surface area (Å²) in [6.07, 6.45) is 4.85. The van der Waals surface area contributed by atoms with Gasteiger partial charge in [0, 0.05) is 18.8 Å². The highest BCUT2D eigenvalue weighted by molar-refractivity contribution is 6.30. The Balaban J connectivity index is 1.57. The molecule has 0 aromatic heterocycles. The van der Waals surface area contributed by atoms with E-state index in [1.54, 1.807) is 6.08 Å². The van der Waals surface area contributed by atoms with E-state index in [0.29, 0.717) is 0 Å². The Hall–Kier alpha value is -3.41. The molecule has 6 heteroatoms. The van der Waals surface area contributed by atoms with Gasteiger partial charge in [-0.05, 0) is 47.7 Å². The zero-order chi connectivity index (χ0) is 21.1. The lowest BCUT2D eigenvalue weighted by atomic mass is 10.0. The van der Waals surface area contributed by atoms with Crippen LogP contribution < -0.4 is 10.2 Å².